The van der Waals surface area contributed by atoms with Crippen LogP contribution in [0.2, 0.25) is 0 Å². The lowest BCUT2D eigenvalue weighted by atomic mass is 9.91. The van der Waals surface area contributed by atoms with E-state index < -0.39 is 0 Å². The Bertz CT molecular complexity index is 215. The molecule has 0 aromatic rings. The Labute approximate surface area is 91.8 Å². The molecule has 0 aromatic heterocycles. The molecule has 4 heteroatoms. The zero-order chi connectivity index (χ0) is 11.5. The number of rotatable bonds is 3. The summed E-state index contributed by atoms with van der Waals surface area (Å²) in [4.78, 5) is 13.7. The van der Waals surface area contributed by atoms with Crippen molar-refractivity contribution in [2.24, 2.45) is 11.7 Å². The average molecular weight is 214 g/mol. The van der Waals surface area contributed by atoms with Crippen LogP contribution in [0.1, 0.15) is 26.7 Å². The van der Waals surface area contributed by atoms with Crippen molar-refractivity contribution in [3.8, 4) is 0 Å². The predicted octanol–water partition coefficient (Wildman–Crippen LogP) is 0.609. The molecule has 0 unspecified atom stereocenters. The number of hydrogen-bond donors (Lipinski definition) is 1. The summed E-state index contributed by atoms with van der Waals surface area (Å²) < 4.78 is 5.45. The molecule has 4 nitrogen and oxygen atoms in total. The number of ether oxygens (including phenoxy) is 1. The van der Waals surface area contributed by atoms with Crippen molar-refractivity contribution in [3.63, 3.8) is 0 Å². The molecule has 0 spiro atoms. The minimum Gasteiger partial charge on any atom is -0.377 e. The molecule has 0 atom stereocenters. The molecule has 0 bridgehead atoms. The van der Waals surface area contributed by atoms with Gasteiger partial charge >= 0.3 is 0 Å². The summed E-state index contributed by atoms with van der Waals surface area (Å²) in [6.45, 7) is 5.93. The van der Waals surface area contributed by atoms with Gasteiger partial charge < -0.3 is 15.4 Å². The minimum absolute atomic E-state index is 0.0814. The van der Waals surface area contributed by atoms with Crippen LogP contribution in [0.15, 0.2) is 0 Å². The third-order valence-corrected chi connectivity index (χ3v) is 3.29. The smallest absolute Gasteiger partial charge is 0.225 e. The number of piperidine rings is 1. The van der Waals surface area contributed by atoms with Crippen LogP contribution in [0.25, 0.3) is 0 Å². The van der Waals surface area contributed by atoms with Crippen molar-refractivity contribution in [1.82, 2.24) is 4.90 Å². The third kappa shape index (κ3) is 2.69. The Morgan fingerprint density at radius 2 is 2.00 bits per heavy atom. The highest BCUT2D eigenvalue weighted by atomic mass is 16.5. The Morgan fingerprint density at radius 1 is 1.47 bits per heavy atom. The molecule has 1 rings (SSSR count). The molecule has 88 valence electrons. The van der Waals surface area contributed by atoms with E-state index in [-0.39, 0.29) is 17.4 Å². The summed E-state index contributed by atoms with van der Waals surface area (Å²) in [6.07, 6.45) is 1.69. The number of hydrogen-bond acceptors (Lipinski definition) is 3. The molecule has 1 aliphatic rings. The van der Waals surface area contributed by atoms with Gasteiger partial charge in [0.25, 0.3) is 0 Å². The van der Waals surface area contributed by atoms with Crippen molar-refractivity contribution < 1.29 is 9.53 Å². The van der Waals surface area contributed by atoms with Gasteiger partial charge in [-0.25, -0.2) is 0 Å². The normalized spacial score (nSPS) is 20.7. The van der Waals surface area contributed by atoms with Gasteiger partial charge in [-0.3, -0.25) is 4.79 Å². The lowest BCUT2D eigenvalue weighted by molar-refractivity contribution is -0.139. The number of nitrogens with zero attached hydrogens (tertiary/aromatic N) is 1. The zero-order valence-corrected chi connectivity index (χ0v) is 9.95. The summed E-state index contributed by atoms with van der Waals surface area (Å²) in [6, 6.07) is 0. The number of amides is 1. The summed E-state index contributed by atoms with van der Waals surface area (Å²) in [5.74, 6) is 0.314. The van der Waals surface area contributed by atoms with Crippen LogP contribution >= 0.6 is 0 Å². The van der Waals surface area contributed by atoms with Gasteiger partial charge in [0.15, 0.2) is 0 Å². The SMILES string of the molecule is COC1(CN)CCN(C(=O)C(C)C)CC1. The average Bonchev–Trinajstić information content (AvgIpc) is 2.28. The second-order valence-electron chi connectivity index (χ2n) is 4.57. The molecule has 15 heavy (non-hydrogen) atoms. The first-order chi connectivity index (χ1) is 7.04. The molecule has 0 aromatic carbocycles. The molecule has 0 radical (unpaired) electrons. The van der Waals surface area contributed by atoms with Gasteiger partial charge in [-0.05, 0) is 12.8 Å². The van der Waals surface area contributed by atoms with Gasteiger partial charge in [0.05, 0.1) is 5.60 Å². The van der Waals surface area contributed by atoms with E-state index >= 15 is 0 Å². The van der Waals surface area contributed by atoms with Crippen LogP contribution in [0, 0.1) is 5.92 Å². The number of methoxy groups -OCH3 is 1. The maximum absolute atomic E-state index is 11.7. The lowest BCUT2D eigenvalue weighted by Crippen LogP contribution is -2.52. The monoisotopic (exact) mass is 214 g/mol. The molecule has 1 heterocycles. The number of nitrogens with two attached hydrogens (primary N) is 1. The molecule has 1 fully saturated rings. The maximum atomic E-state index is 11.7. The number of likely N-dealkylation sites (tertiary alicyclic amines) is 1. The summed E-state index contributed by atoms with van der Waals surface area (Å²) >= 11 is 0. The van der Waals surface area contributed by atoms with Crippen molar-refractivity contribution in [3.05, 3.63) is 0 Å². The van der Waals surface area contributed by atoms with E-state index in [4.69, 9.17) is 10.5 Å². The molecule has 0 aliphatic carbocycles. The van der Waals surface area contributed by atoms with E-state index in [1.165, 1.54) is 0 Å². The molecular formula is C11H22N2O2. The van der Waals surface area contributed by atoms with Crippen LogP contribution in [0.4, 0.5) is 0 Å². The molecule has 2 N–H and O–H groups in total. The van der Waals surface area contributed by atoms with Crippen LogP contribution in [-0.2, 0) is 9.53 Å². The van der Waals surface area contributed by atoms with Gasteiger partial charge in [0, 0.05) is 32.7 Å². The molecular weight excluding hydrogens is 192 g/mol. The van der Waals surface area contributed by atoms with Crippen LogP contribution in [-0.4, -0.2) is 43.2 Å². The van der Waals surface area contributed by atoms with Crippen LogP contribution < -0.4 is 5.73 Å². The zero-order valence-electron chi connectivity index (χ0n) is 9.95. The Hall–Kier alpha value is -0.610. The standard InChI is InChI=1S/C11H22N2O2/c1-9(2)10(14)13-6-4-11(8-12,15-3)5-7-13/h9H,4-8,12H2,1-3H3. The number of carbonyl (C=O) groups is 1. The van der Waals surface area contributed by atoms with Crippen molar-refractivity contribution >= 4 is 5.91 Å². The van der Waals surface area contributed by atoms with Gasteiger partial charge in [0.2, 0.25) is 5.91 Å². The Morgan fingerprint density at radius 3 is 2.33 bits per heavy atom. The Balaban J connectivity index is 2.52. The van der Waals surface area contributed by atoms with E-state index in [1.807, 2.05) is 18.7 Å². The van der Waals surface area contributed by atoms with Gasteiger partial charge in [-0.15, -0.1) is 0 Å². The predicted molar refractivity (Wildman–Crippen MR) is 59.4 cm³/mol. The van der Waals surface area contributed by atoms with Crippen molar-refractivity contribution in [2.75, 3.05) is 26.7 Å². The maximum Gasteiger partial charge on any atom is 0.225 e. The van der Waals surface area contributed by atoms with Crippen molar-refractivity contribution in [2.45, 2.75) is 32.3 Å². The summed E-state index contributed by atoms with van der Waals surface area (Å²) in [7, 11) is 1.70. The van der Waals surface area contributed by atoms with E-state index in [2.05, 4.69) is 0 Å². The minimum atomic E-state index is -0.201. The first-order valence-electron chi connectivity index (χ1n) is 5.58. The largest absolute Gasteiger partial charge is 0.377 e. The fourth-order valence-electron chi connectivity index (χ4n) is 1.99. The highest BCUT2D eigenvalue weighted by Crippen LogP contribution is 2.25. The lowest BCUT2D eigenvalue weighted by Gasteiger charge is -2.40. The summed E-state index contributed by atoms with van der Waals surface area (Å²) in [5, 5.41) is 0. The molecule has 1 aliphatic heterocycles. The van der Waals surface area contributed by atoms with E-state index in [0.29, 0.717) is 6.54 Å². The molecule has 1 saturated heterocycles. The van der Waals surface area contributed by atoms with E-state index in [9.17, 15) is 4.79 Å². The Kier molecular flexibility index (Phi) is 4.11. The first kappa shape index (κ1) is 12.5. The molecule has 1 amide bonds. The summed E-state index contributed by atoms with van der Waals surface area (Å²) in [5.41, 5.74) is 5.50. The van der Waals surface area contributed by atoms with Gasteiger partial charge in [0.1, 0.15) is 0 Å². The fraction of sp³-hybridized carbons (Fsp3) is 0.909. The molecule has 0 saturated carbocycles. The second kappa shape index (κ2) is 4.94. The quantitative estimate of drug-likeness (QED) is 0.749. The van der Waals surface area contributed by atoms with Gasteiger partial charge in [-0.2, -0.15) is 0 Å². The topological polar surface area (TPSA) is 55.6 Å². The van der Waals surface area contributed by atoms with Crippen LogP contribution in [0.3, 0.4) is 0 Å². The van der Waals surface area contributed by atoms with Crippen LogP contribution in [0.5, 0.6) is 0 Å². The highest BCUT2D eigenvalue weighted by molar-refractivity contribution is 5.78. The highest BCUT2D eigenvalue weighted by Gasteiger charge is 2.35. The van der Waals surface area contributed by atoms with E-state index in [0.717, 1.165) is 25.9 Å². The first-order valence-corrected chi connectivity index (χ1v) is 5.58. The van der Waals surface area contributed by atoms with E-state index in [1.54, 1.807) is 7.11 Å². The number of carbonyl (C=O) groups excluding carboxylic acids is 1. The third-order valence-electron chi connectivity index (χ3n) is 3.29. The van der Waals surface area contributed by atoms with Gasteiger partial charge in [-0.1, -0.05) is 13.8 Å². The second-order valence-corrected chi connectivity index (χ2v) is 4.57. The fourth-order valence-corrected chi connectivity index (χ4v) is 1.99. The van der Waals surface area contributed by atoms with Crippen molar-refractivity contribution in [1.29, 1.82) is 0 Å².